The Kier molecular flexibility index (Phi) is 8.25. The Labute approximate surface area is 177 Å². The van der Waals surface area contributed by atoms with Crippen molar-refractivity contribution < 1.29 is 0 Å². The number of aromatic nitrogens is 3. The fourth-order valence-corrected chi connectivity index (χ4v) is 2.48. The average molecular weight is 476 g/mol. The number of rotatable bonds is 6. The number of nitrogens with one attached hydrogen (secondary N) is 2. The average Bonchev–Trinajstić information content (AvgIpc) is 3.01. The molecule has 0 bridgehead atoms. The van der Waals surface area contributed by atoms with Crippen molar-refractivity contribution >= 4 is 29.9 Å². The van der Waals surface area contributed by atoms with E-state index in [1.165, 1.54) is 11.1 Å². The van der Waals surface area contributed by atoms with Crippen LogP contribution in [0.25, 0.3) is 0 Å². The summed E-state index contributed by atoms with van der Waals surface area (Å²) in [5, 5.41) is 15.0. The van der Waals surface area contributed by atoms with Crippen LogP contribution in [0.5, 0.6) is 0 Å². The molecule has 2 N–H and O–H groups in total. The molecule has 7 heteroatoms. The lowest BCUT2D eigenvalue weighted by molar-refractivity contribution is 0.714. The maximum atomic E-state index is 4.70. The number of hydrogen-bond acceptors (Lipinski definition) is 3. The first-order valence-electron chi connectivity index (χ1n) is 8.67. The minimum atomic E-state index is 0. The summed E-state index contributed by atoms with van der Waals surface area (Å²) in [6, 6.07) is 20.5. The summed E-state index contributed by atoms with van der Waals surface area (Å²) < 4.78 is 1.97. The van der Waals surface area contributed by atoms with Gasteiger partial charge in [0.25, 0.3) is 0 Å². The van der Waals surface area contributed by atoms with Crippen LogP contribution in [0.1, 0.15) is 22.8 Å². The molecule has 0 aliphatic carbocycles. The Hall–Kier alpha value is -2.42. The van der Waals surface area contributed by atoms with E-state index in [1.54, 1.807) is 0 Å². The molecule has 0 saturated heterocycles. The van der Waals surface area contributed by atoms with Gasteiger partial charge in [0.1, 0.15) is 5.82 Å². The van der Waals surface area contributed by atoms with Crippen LogP contribution in [0.2, 0.25) is 0 Å². The van der Waals surface area contributed by atoms with Crippen LogP contribution < -0.4 is 10.6 Å². The zero-order chi connectivity index (χ0) is 18.2. The highest BCUT2D eigenvalue weighted by atomic mass is 127. The van der Waals surface area contributed by atoms with E-state index in [1.807, 2.05) is 54.9 Å². The summed E-state index contributed by atoms with van der Waals surface area (Å²) in [5.74, 6) is 2.51. The topological polar surface area (TPSA) is 67.1 Å². The first-order valence-corrected chi connectivity index (χ1v) is 8.67. The van der Waals surface area contributed by atoms with E-state index in [0.29, 0.717) is 19.6 Å². The standard InChI is InChI=1S/C20H24N6.HI/c1-16-24-25-19(26(16)2)15-23-20(21-13-17-9-5-3-6-10-17)22-14-18-11-7-4-8-12-18;/h3-12H,13-15H2,1-2H3,(H2,21,22,23);1H. The number of hydrogen-bond donors (Lipinski definition) is 2. The van der Waals surface area contributed by atoms with Gasteiger partial charge in [0.2, 0.25) is 0 Å². The van der Waals surface area contributed by atoms with Crippen LogP contribution in [0.15, 0.2) is 65.7 Å². The lowest BCUT2D eigenvalue weighted by Crippen LogP contribution is -2.37. The predicted octanol–water partition coefficient (Wildman–Crippen LogP) is 3.18. The van der Waals surface area contributed by atoms with E-state index in [2.05, 4.69) is 45.1 Å². The molecule has 142 valence electrons. The highest BCUT2D eigenvalue weighted by molar-refractivity contribution is 14.0. The molecule has 0 aliphatic rings. The third kappa shape index (κ3) is 6.35. The highest BCUT2D eigenvalue weighted by Crippen LogP contribution is 2.02. The molecule has 2 aromatic carbocycles. The van der Waals surface area contributed by atoms with E-state index >= 15 is 0 Å². The molecule has 1 heterocycles. The molecule has 0 unspecified atom stereocenters. The van der Waals surface area contributed by atoms with Gasteiger partial charge in [-0.25, -0.2) is 4.99 Å². The monoisotopic (exact) mass is 476 g/mol. The Bertz CT molecular complexity index is 845. The van der Waals surface area contributed by atoms with E-state index in [-0.39, 0.29) is 24.0 Å². The Balaban J connectivity index is 0.00000261. The van der Waals surface area contributed by atoms with Gasteiger partial charge in [0, 0.05) is 13.6 Å². The van der Waals surface area contributed by atoms with Crippen molar-refractivity contribution in [3.8, 4) is 0 Å². The lowest BCUT2D eigenvalue weighted by atomic mass is 10.2. The molecule has 27 heavy (non-hydrogen) atoms. The van der Waals surface area contributed by atoms with Gasteiger partial charge in [-0.1, -0.05) is 60.7 Å². The van der Waals surface area contributed by atoms with Crippen molar-refractivity contribution in [2.75, 3.05) is 0 Å². The van der Waals surface area contributed by atoms with E-state index in [9.17, 15) is 0 Å². The second-order valence-electron chi connectivity index (χ2n) is 6.07. The van der Waals surface area contributed by atoms with Gasteiger partial charge in [-0.3, -0.25) is 0 Å². The van der Waals surface area contributed by atoms with Crippen molar-refractivity contribution in [1.29, 1.82) is 0 Å². The predicted molar refractivity (Wildman–Crippen MR) is 119 cm³/mol. The quantitative estimate of drug-likeness (QED) is 0.326. The number of aliphatic imine (C=N–C) groups is 1. The van der Waals surface area contributed by atoms with Crippen molar-refractivity contribution in [3.05, 3.63) is 83.4 Å². The van der Waals surface area contributed by atoms with Crippen LogP contribution in [-0.4, -0.2) is 20.7 Å². The zero-order valence-electron chi connectivity index (χ0n) is 15.6. The molecule has 0 aliphatic heterocycles. The number of guanidine groups is 1. The Morgan fingerprint density at radius 1 is 0.889 bits per heavy atom. The van der Waals surface area contributed by atoms with Gasteiger partial charge in [0.05, 0.1) is 13.1 Å². The molecule has 0 amide bonds. The van der Waals surface area contributed by atoms with Crippen molar-refractivity contribution in [3.63, 3.8) is 0 Å². The lowest BCUT2D eigenvalue weighted by Gasteiger charge is -2.13. The van der Waals surface area contributed by atoms with E-state index in [4.69, 9.17) is 4.99 Å². The minimum absolute atomic E-state index is 0. The SMILES string of the molecule is Cc1nnc(CNC(=NCc2ccccc2)NCc2ccccc2)n1C.I. The molecular weight excluding hydrogens is 451 g/mol. The summed E-state index contributed by atoms with van der Waals surface area (Å²) >= 11 is 0. The van der Waals surface area contributed by atoms with Crippen molar-refractivity contribution in [2.45, 2.75) is 26.6 Å². The smallest absolute Gasteiger partial charge is 0.192 e. The largest absolute Gasteiger partial charge is 0.352 e. The van der Waals surface area contributed by atoms with Crippen molar-refractivity contribution in [2.24, 2.45) is 12.0 Å². The normalized spacial score (nSPS) is 11.0. The van der Waals surface area contributed by atoms with Gasteiger partial charge in [-0.15, -0.1) is 34.2 Å². The molecule has 0 radical (unpaired) electrons. The molecule has 0 fully saturated rings. The van der Waals surface area contributed by atoms with Gasteiger partial charge >= 0.3 is 0 Å². The number of halogens is 1. The summed E-state index contributed by atoms with van der Waals surface area (Å²) in [6.07, 6.45) is 0. The van der Waals surface area contributed by atoms with Gasteiger partial charge in [-0.2, -0.15) is 0 Å². The second kappa shape index (κ2) is 10.7. The molecule has 0 saturated carbocycles. The molecule has 6 nitrogen and oxygen atoms in total. The van der Waals surface area contributed by atoms with Crippen LogP contribution in [0.3, 0.4) is 0 Å². The molecule has 1 aromatic heterocycles. The maximum Gasteiger partial charge on any atom is 0.192 e. The third-order valence-corrected chi connectivity index (χ3v) is 4.16. The van der Waals surface area contributed by atoms with E-state index < -0.39 is 0 Å². The first-order chi connectivity index (χ1) is 12.7. The third-order valence-electron chi connectivity index (χ3n) is 4.16. The highest BCUT2D eigenvalue weighted by Gasteiger charge is 2.06. The van der Waals surface area contributed by atoms with Crippen molar-refractivity contribution in [1.82, 2.24) is 25.4 Å². The van der Waals surface area contributed by atoms with Crippen LogP contribution >= 0.6 is 24.0 Å². The van der Waals surface area contributed by atoms with Gasteiger partial charge in [-0.05, 0) is 18.1 Å². The zero-order valence-corrected chi connectivity index (χ0v) is 17.9. The maximum absolute atomic E-state index is 4.70. The minimum Gasteiger partial charge on any atom is -0.352 e. The number of nitrogens with zero attached hydrogens (tertiary/aromatic N) is 4. The van der Waals surface area contributed by atoms with Crippen LogP contribution in [0.4, 0.5) is 0 Å². The van der Waals surface area contributed by atoms with Gasteiger partial charge < -0.3 is 15.2 Å². The number of benzene rings is 2. The Morgan fingerprint density at radius 2 is 1.48 bits per heavy atom. The number of aryl methyl sites for hydroxylation is 1. The second-order valence-corrected chi connectivity index (χ2v) is 6.07. The summed E-state index contributed by atoms with van der Waals surface area (Å²) in [6.45, 7) is 3.82. The first kappa shape index (κ1) is 20.9. The summed E-state index contributed by atoms with van der Waals surface area (Å²) in [5.41, 5.74) is 2.37. The van der Waals surface area contributed by atoms with Crippen LogP contribution in [-0.2, 0) is 26.7 Å². The molecular formula is C20H25IN6. The van der Waals surface area contributed by atoms with Gasteiger partial charge in [0.15, 0.2) is 11.8 Å². The molecule has 3 aromatic rings. The van der Waals surface area contributed by atoms with E-state index in [0.717, 1.165) is 17.6 Å². The van der Waals surface area contributed by atoms with Crippen LogP contribution in [0, 0.1) is 6.92 Å². The fourth-order valence-electron chi connectivity index (χ4n) is 2.48. The molecule has 0 spiro atoms. The summed E-state index contributed by atoms with van der Waals surface area (Å²) in [4.78, 5) is 4.70. The molecule has 0 atom stereocenters. The fraction of sp³-hybridized carbons (Fsp3) is 0.250. The molecule has 3 rings (SSSR count). The summed E-state index contributed by atoms with van der Waals surface area (Å²) in [7, 11) is 1.96. The Morgan fingerprint density at radius 3 is 2.07 bits per heavy atom.